The summed E-state index contributed by atoms with van der Waals surface area (Å²) in [7, 11) is 0. The number of hydrogen-bond acceptors (Lipinski definition) is 5. The topological polar surface area (TPSA) is 89.3 Å². The molecule has 0 bridgehead atoms. The van der Waals surface area contributed by atoms with Crippen LogP contribution in [0.3, 0.4) is 0 Å². The standard InChI is InChI=1S/C15H26N2O3/c1-3-10(2)12-7-11(18)5-4-6-13(14(19)8-16)17-9-15(12)20/h10,12-13,17H,3-9,16H2,1-2H3/t10-,12?,13-/m0/s1. The Balaban J connectivity index is 2.79. The number of rotatable bonds is 4. The molecule has 0 radical (unpaired) electrons. The van der Waals surface area contributed by atoms with Crippen LogP contribution in [0, 0.1) is 11.8 Å². The molecule has 1 aliphatic rings. The summed E-state index contributed by atoms with van der Waals surface area (Å²) in [5.41, 5.74) is 5.38. The summed E-state index contributed by atoms with van der Waals surface area (Å²) in [4.78, 5) is 35.9. The van der Waals surface area contributed by atoms with Crippen LogP contribution in [-0.4, -0.2) is 36.5 Å². The number of hydrogen-bond donors (Lipinski definition) is 2. The van der Waals surface area contributed by atoms with Crippen molar-refractivity contribution in [1.29, 1.82) is 0 Å². The van der Waals surface area contributed by atoms with Crippen molar-refractivity contribution in [2.24, 2.45) is 17.6 Å². The zero-order valence-corrected chi connectivity index (χ0v) is 12.5. The van der Waals surface area contributed by atoms with Crippen LogP contribution < -0.4 is 11.1 Å². The smallest absolute Gasteiger partial charge is 0.163 e. The van der Waals surface area contributed by atoms with Gasteiger partial charge in [0, 0.05) is 18.8 Å². The Morgan fingerprint density at radius 3 is 2.75 bits per heavy atom. The molecule has 1 rings (SSSR count). The summed E-state index contributed by atoms with van der Waals surface area (Å²) < 4.78 is 0. The maximum absolute atomic E-state index is 12.3. The number of nitrogens with one attached hydrogen (secondary N) is 1. The van der Waals surface area contributed by atoms with E-state index in [1.807, 2.05) is 13.8 Å². The molecule has 1 aliphatic heterocycles. The SMILES string of the molecule is CC[C@H](C)C1CC(=O)CCC[C@@H](C(=O)CN)NCC1=O. The highest BCUT2D eigenvalue weighted by Gasteiger charge is 2.28. The fourth-order valence-corrected chi connectivity index (χ4v) is 2.64. The van der Waals surface area contributed by atoms with Crippen molar-refractivity contribution in [3.05, 3.63) is 0 Å². The average molecular weight is 282 g/mol. The van der Waals surface area contributed by atoms with E-state index < -0.39 is 6.04 Å². The van der Waals surface area contributed by atoms with E-state index in [2.05, 4.69) is 5.32 Å². The summed E-state index contributed by atoms with van der Waals surface area (Å²) in [6, 6.07) is -0.396. The minimum absolute atomic E-state index is 0.0319. The van der Waals surface area contributed by atoms with Gasteiger partial charge in [0.25, 0.3) is 0 Å². The van der Waals surface area contributed by atoms with Crippen LogP contribution >= 0.6 is 0 Å². The Morgan fingerprint density at radius 2 is 2.15 bits per heavy atom. The van der Waals surface area contributed by atoms with Gasteiger partial charge in [-0.25, -0.2) is 0 Å². The predicted molar refractivity (Wildman–Crippen MR) is 77.3 cm³/mol. The summed E-state index contributed by atoms with van der Waals surface area (Å²) in [5, 5.41) is 3.02. The summed E-state index contributed by atoms with van der Waals surface area (Å²) in [6.07, 6.45) is 2.89. The molecule has 1 fully saturated rings. The van der Waals surface area contributed by atoms with Gasteiger partial charge < -0.3 is 11.1 Å². The fraction of sp³-hybridized carbons (Fsp3) is 0.800. The van der Waals surface area contributed by atoms with E-state index in [0.29, 0.717) is 25.7 Å². The molecule has 1 heterocycles. The molecule has 5 nitrogen and oxygen atoms in total. The number of Topliss-reactive ketones (excluding diaryl/α,β-unsaturated/α-hetero) is 3. The minimum atomic E-state index is -0.396. The molecule has 0 aliphatic carbocycles. The van der Waals surface area contributed by atoms with Crippen LogP contribution in [0.1, 0.15) is 46.0 Å². The van der Waals surface area contributed by atoms with Crippen LogP contribution in [-0.2, 0) is 14.4 Å². The van der Waals surface area contributed by atoms with Crippen LogP contribution in [0.5, 0.6) is 0 Å². The second-order valence-electron chi connectivity index (χ2n) is 5.70. The lowest BCUT2D eigenvalue weighted by Gasteiger charge is -2.25. The molecule has 114 valence electrons. The first-order valence-corrected chi connectivity index (χ1v) is 7.50. The lowest BCUT2D eigenvalue weighted by atomic mass is 9.82. The van der Waals surface area contributed by atoms with Gasteiger partial charge in [-0.05, 0) is 18.8 Å². The second-order valence-corrected chi connectivity index (χ2v) is 5.70. The first kappa shape index (κ1) is 17.0. The summed E-state index contributed by atoms with van der Waals surface area (Å²) >= 11 is 0. The zero-order chi connectivity index (χ0) is 15.1. The quantitative estimate of drug-likeness (QED) is 0.798. The zero-order valence-electron chi connectivity index (χ0n) is 12.5. The second kappa shape index (κ2) is 8.27. The molecule has 0 saturated carbocycles. The Morgan fingerprint density at radius 1 is 1.45 bits per heavy atom. The molecule has 1 saturated heterocycles. The van der Waals surface area contributed by atoms with E-state index in [-0.39, 0.29) is 42.3 Å². The number of carbonyl (C=O) groups excluding carboxylic acids is 3. The highest BCUT2D eigenvalue weighted by Crippen LogP contribution is 2.22. The van der Waals surface area contributed by atoms with Crippen LogP contribution in [0.25, 0.3) is 0 Å². The molecule has 0 aromatic carbocycles. The third kappa shape index (κ3) is 4.80. The lowest BCUT2D eigenvalue weighted by molar-refractivity contribution is -0.130. The van der Waals surface area contributed by atoms with E-state index >= 15 is 0 Å². The third-order valence-electron chi connectivity index (χ3n) is 4.25. The fourth-order valence-electron chi connectivity index (χ4n) is 2.64. The van der Waals surface area contributed by atoms with Gasteiger partial charge in [-0.3, -0.25) is 14.4 Å². The molecule has 0 amide bonds. The monoisotopic (exact) mass is 282 g/mol. The first-order valence-electron chi connectivity index (χ1n) is 7.50. The molecule has 20 heavy (non-hydrogen) atoms. The van der Waals surface area contributed by atoms with Gasteiger partial charge in [-0.1, -0.05) is 20.3 Å². The number of nitrogens with two attached hydrogens (primary N) is 1. The van der Waals surface area contributed by atoms with E-state index in [9.17, 15) is 14.4 Å². The van der Waals surface area contributed by atoms with E-state index in [0.717, 1.165) is 6.42 Å². The van der Waals surface area contributed by atoms with Crippen molar-refractivity contribution < 1.29 is 14.4 Å². The van der Waals surface area contributed by atoms with Gasteiger partial charge >= 0.3 is 0 Å². The van der Waals surface area contributed by atoms with E-state index in [4.69, 9.17) is 5.73 Å². The molecule has 0 aromatic heterocycles. The Hall–Kier alpha value is -1.07. The predicted octanol–water partition coefficient (Wildman–Crippen LogP) is 0.847. The molecule has 0 aromatic rings. The third-order valence-corrected chi connectivity index (χ3v) is 4.25. The normalized spacial score (nSPS) is 27.1. The molecular formula is C15H26N2O3. The summed E-state index contributed by atoms with van der Waals surface area (Å²) in [5.74, 6) is 0.0305. The van der Waals surface area contributed by atoms with Gasteiger partial charge in [-0.15, -0.1) is 0 Å². The Bertz CT molecular complexity index is 368. The van der Waals surface area contributed by atoms with Gasteiger partial charge in [0.05, 0.1) is 19.1 Å². The number of ketones is 3. The van der Waals surface area contributed by atoms with Gasteiger partial charge in [-0.2, -0.15) is 0 Å². The maximum Gasteiger partial charge on any atom is 0.163 e. The van der Waals surface area contributed by atoms with Gasteiger partial charge in [0.1, 0.15) is 11.6 Å². The molecule has 5 heteroatoms. The van der Waals surface area contributed by atoms with Gasteiger partial charge in [0.15, 0.2) is 5.78 Å². The van der Waals surface area contributed by atoms with Crippen molar-refractivity contribution in [3.63, 3.8) is 0 Å². The highest BCUT2D eigenvalue weighted by atomic mass is 16.1. The van der Waals surface area contributed by atoms with Crippen molar-refractivity contribution in [2.45, 2.75) is 52.0 Å². The average Bonchev–Trinajstić information content (AvgIpc) is 2.45. The minimum Gasteiger partial charge on any atom is -0.324 e. The molecule has 3 atom stereocenters. The van der Waals surface area contributed by atoms with Gasteiger partial charge in [0.2, 0.25) is 0 Å². The molecule has 0 spiro atoms. The summed E-state index contributed by atoms with van der Waals surface area (Å²) in [6.45, 7) is 4.15. The van der Waals surface area contributed by atoms with Crippen LogP contribution in [0.4, 0.5) is 0 Å². The number of carbonyl (C=O) groups is 3. The van der Waals surface area contributed by atoms with Crippen molar-refractivity contribution >= 4 is 17.3 Å². The maximum atomic E-state index is 12.3. The van der Waals surface area contributed by atoms with E-state index in [1.54, 1.807) is 0 Å². The Labute approximate surface area is 120 Å². The largest absolute Gasteiger partial charge is 0.324 e. The Kier molecular flexibility index (Phi) is 7.02. The molecular weight excluding hydrogens is 256 g/mol. The lowest BCUT2D eigenvalue weighted by Crippen LogP contribution is -2.45. The van der Waals surface area contributed by atoms with Crippen molar-refractivity contribution in [2.75, 3.05) is 13.1 Å². The first-order chi connectivity index (χ1) is 9.49. The van der Waals surface area contributed by atoms with Crippen molar-refractivity contribution in [3.8, 4) is 0 Å². The van der Waals surface area contributed by atoms with E-state index in [1.165, 1.54) is 0 Å². The molecule has 3 N–H and O–H groups in total. The van der Waals surface area contributed by atoms with Crippen LogP contribution in [0.2, 0.25) is 0 Å². The molecule has 1 unspecified atom stereocenters. The highest BCUT2D eigenvalue weighted by molar-refractivity contribution is 5.91. The van der Waals surface area contributed by atoms with Crippen LogP contribution in [0.15, 0.2) is 0 Å². The van der Waals surface area contributed by atoms with Crippen molar-refractivity contribution in [1.82, 2.24) is 5.32 Å².